The minimum Gasteiger partial charge on any atom is -0.444 e. The van der Waals surface area contributed by atoms with E-state index in [-0.39, 0.29) is 0 Å². The van der Waals surface area contributed by atoms with Crippen molar-refractivity contribution >= 4 is 37.7 Å². The van der Waals surface area contributed by atoms with E-state index in [1.807, 2.05) is 36.4 Å². The first kappa shape index (κ1) is 15.1. The molecule has 4 rings (SSSR count). The molecule has 1 aliphatic heterocycles. The highest BCUT2D eigenvalue weighted by Crippen LogP contribution is 2.09. The molecule has 1 saturated heterocycles. The summed E-state index contributed by atoms with van der Waals surface area (Å²) >= 11 is 0. The molecule has 0 amide bonds. The maximum atomic E-state index is 5.97. The number of aromatic nitrogens is 3. The van der Waals surface area contributed by atoms with Gasteiger partial charge in [-0.15, -0.1) is 0 Å². The highest BCUT2D eigenvalue weighted by molar-refractivity contribution is 6.87. The molecule has 9 heteroatoms. The van der Waals surface area contributed by atoms with Crippen LogP contribution in [0, 0.1) is 0 Å². The summed E-state index contributed by atoms with van der Waals surface area (Å²) in [5.41, 5.74) is 2.47. The summed E-state index contributed by atoms with van der Waals surface area (Å²) in [7, 11) is -1.78. The quantitative estimate of drug-likeness (QED) is 0.603. The average molecular weight is 315 g/mol. The standard InChI is InChI=1S/C15H12B3N3O3/c1-4-13(10-19-7-1)16-22-17(14-5-2-8-20-11-14)24-18(23-16)15-6-3-9-21-12-15/h1-12H. The minimum atomic E-state index is -0.595. The Morgan fingerprint density at radius 1 is 0.542 bits per heavy atom. The molecule has 0 N–H and O–H groups in total. The van der Waals surface area contributed by atoms with Crippen LogP contribution in [0.3, 0.4) is 0 Å². The Morgan fingerprint density at radius 2 is 0.875 bits per heavy atom. The van der Waals surface area contributed by atoms with Gasteiger partial charge in [-0.3, -0.25) is 15.0 Å². The first-order valence-electron chi connectivity index (χ1n) is 7.56. The minimum absolute atomic E-state index is 0.595. The lowest BCUT2D eigenvalue weighted by Gasteiger charge is -2.31. The summed E-state index contributed by atoms with van der Waals surface area (Å²) in [5.74, 6) is 0. The van der Waals surface area contributed by atoms with Gasteiger partial charge in [-0.25, -0.2) is 0 Å². The fourth-order valence-corrected chi connectivity index (χ4v) is 2.45. The predicted octanol–water partition coefficient (Wildman–Crippen LogP) is -0.579. The summed E-state index contributed by atoms with van der Waals surface area (Å²) in [5, 5.41) is 0. The molecule has 24 heavy (non-hydrogen) atoms. The van der Waals surface area contributed by atoms with Crippen molar-refractivity contribution in [3.05, 3.63) is 73.6 Å². The van der Waals surface area contributed by atoms with Crippen LogP contribution in [0.25, 0.3) is 0 Å². The highest BCUT2D eigenvalue weighted by atomic mass is 16.7. The Morgan fingerprint density at radius 3 is 1.12 bits per heavy atom. The molecule has 114 valence electrons. The van der Waals surface area contributed by atoms with Gasteiger partial charge in [0, 0.05) is 37.2 Å². The number of hydrogen-bond donors (Lipinski definition) is 0. The fraction of sp³-hybridized carbons (Fsp3) is 0. The van der Waals surface area contributed by atoms with Crippen molar-refractivity contribution in [3.63, 3.8) is 0 Å². The fourth-order valence-electron chi connectivity index (χ4n) is 2.45. The van der Waals surface area contributed by atoms with Gasteiger partial charge in [-0.05, 0) is 34.6 Å². The van der Waals surface area contributed by atoms with Crippen LogP contribution >= 0.6 is 0 Å². The number of hydrogen-bond acceptors (Lipinski definition) is 6. The predicted molar refractivity (Wildman–Crippen MR) is 92.1 cm³/mol. The van der Waals surface area contributed by atoms with Crippen molar-refractivity contribution in [1.82, 2.24) is 15.0 Å². The highest BCUT2D eigenvalue weighted by Gasteiger charge is 2.43. The molecule has 1 aliphatic rings. The second-order valence-corrected chi connectivity index (χ2v) is 5.26. The number of pyridine rings is 3. The smallest absolute Gasteiger partial charge is 0.444 e. The lowest BCUT2D eigenvalue weighted by atomic mass is 9.62. The van der Waals surface area contributed by atoms with E-state index < -0.39 is 21.4 Å². The zero-order valence-corrected chi connectivity index (χ0v) is 12.7. The molecule has 0 spiro atoms. The van der Waals surface area contributed by atoms with Gasteiger partial charge in [-0.1, -0.05) is 18.2 Å². The van der Waals surface area contributed by atoms with Crippen LogP contribution in [0.5, 0.6) is 0 Å². The molecule has 0 saturated carbocycles. The summed E-state index contributed by atoms with van der Waals surface area (Å²) in [6.45, 7) is 0. The third-order valence-corrected chi connectivity index (χ3v) is 3.61. The van der Waals surface area contributed by atoms with Gasteiger partial charge in [0.05, 0.1) is 0 Å². The van der Waals surface area contributed by atoms with Crippen molar-refractivity contribution in [3.8, 4) is 0 Å². The molecule has 1 fully saturated rings. The molecule has 0 unspecified atom stereocenters. The first-order valence-corrected chi connectivity index (χ1v) is 7.56. The van der Waals surface area contributed by atoms with Crippen molar-refractivity contribution in [2.75, 3.05) is 0 Å². The molecule has 4 heterocycles. The van der Waals surface area contributed by atoms with Gasteiger partial charge in [-0.2, -0.15) is 0 Å². The van der Waals surface area contributed by atoms with Crippen LogP contribution in [-0.4, -0.2) is 36.3 Å². The second kappa shape index (κ2) is 6.96. The molecule has 3 aromatic heterocycles. The molecule has 0 bridgehead atoms. The summed E-state index contributed by atoms with van der Waals surface area (Å²) in [4.78, 5) is 12.4. The van der Waals surface area contributed by atoms with E-state index in [0.717, 1.165) is 16.4 Å². The zero-order chi connectivity index (χ0) is 16.2. The van der Waals surface area contributed by atoms with E-state index in [1.165, 1.54) is 0 Å². The summed E-state index contributed by atoms with van der Waals surface area (Å²) in [6.07, 6.45) is 10.3. The maximum Gasteiger partial charge on any atom is 0.468 e. The summed E-state index contributed by atoms with van der Waals surface area (Å²) < 4.78 is 17.9. The van der Waals surface area contributed by atoms with Crippen molar-refractivity contribution < 1.29 is 13.7 Å². The average Bonchev–Trinajstić information content (AvgIpc) is 2.70. The van der Waals surface area contributed by atoms with E-state index in [0.29, 0.717) is 0 Å². The van der Waals surface area contributed by atoms with E-state index >= 15 is 0 Å². The molecule has 0 aliphatic carbocycles. The monoisotopic (exact) mass is 315 g/mol. The van der Waals surface area contributed by atoms with Crippen LogP contribution in [0.1, 0.15) is 0 Å². The van der Waals surface area contributed by atoms with E-state index in [9.17, 15) is 0 Å². The third kappa shape index (κ3) is 3.23. The molecule has 3 aromatic rings. The third-order valence-electron chi connectivity index (χ3n) is 3.61. The Labute approximate surface area is 140 Å². The molecule has 6 nitrogen and oxygen atoms in total. The van der Waals surface area contributed by atoms with Gasteiger partial charge < -0.3 is 13.7 Å². The Kier molecular flexibility index (Phi) is 4.37. The van der Waals surface area contributed by atoms with E-state index in [4.69, 9.17) is 13.7 Å². The Bertz CT molecular complexity index is 669. The molecule has 0 radical (unpaired) electrons. The largest absolute Gasteiger partial charge is 0.468 e. The lowest BCUT2D eigenvalue weighted by molar-refractivity contribution is 0.308. The van der Waals surface area contributed by atoms with Crippen molar-refractivity contribution in [1.29, 1.82) is 0 Å². The normalized spacial score (nSPS) is 14.8. The van der Waals surface area contributed by atoms with Gasteiger partial charge in [0.2, 0.25) is 0 Å². The van der Waals surface area contributed by atoms with E-state index in [2.05, 4.69) is 15.0 Å². The Hall–Kier alpha value is -2.48. The SMILES string of the molecule is c1cncc(B2OB(c3cccnc3)OB(c3cccnc3)O2)c1. The molecular formula is C15H12B3N3O3. The summed E-state index contributed by atoms with van der Waals surface area (Å²) in [6, 6.07) is 11.2. The number of nitrogens with zero attached hydrogens (tertiary/aromatic N) is 3. The van der Waals surface area contributed by atoms with Crippen LogP contribution in [0.4, 0.5) is 0 Å². The topological polar surface area (TPSA) is 66.4 Å². The number of rotatable bonds is 3. The van der Waals surface area contributed by atoms with Crippen molar-refractivity contribution in [2.24, 2.45) is 0 Å². The molecule has 0 aromatic carbocycles. The van der Waals surface area contributed by atoms with E-state index in [1.54, 1.807) is 37.2 Å². The van der Waals surface area contributed by atoms with Gasteiger partial charge in [0.1, 0.15) is 0 Å². The van der Waals surface area contributed by atoms with Crippen LogP contribution in [-0.2, 0) is 13.7 Å². The van der Waals surface area contributed by atoms with Crippen LogP contribution < -0.4 is 16.4 Å². The Balaban J connectivity index is 1.66. The van der Waals surface area contributed by atoms with Crippen LogP contribution in [0.2, 0.25) is 0 Å². The molecule has 0 atom stereocenters. The van der Waals surface area contributed by atoms with Crippen LogP contribution in [0.15, 0.2) is 73.6 Å². The van der Waals surface area contributed by atoms with Crippen molar-refractivity contribution in [2.45, 2.75) is 0 Å². The molecular weight excluding hydrogens is 303 g/mol. The first-order chi connectivity index (χ1) is 11.9. The zero-order valence-electron chi connectivity index (χ0n) is 12.7. The van der Waals surface area contributed by atoms with Gasteiger partial charge in [0.15, 0.2) is 0 Å². The maximum absolute atomic E-state index is 5.97. The van der Waals surface area contributed by atoms with Gasteiger partial charge >= 0.3 is 21.4 Å². The van der Waals surface area contributed by atoms with Gasteiger partial charge in [0.25, 0.3) is 0 Å². The lowest BCUT2D eigenvalue weighted by Crippen LogP contribution is -2.61. The second-order valence-electron chi connectivity index (χ2n) is 5.26.